The third-order valence-corrected chi connectivity index (χ3v) is 3.39. The predicted molar refractivity (Wildman–Crippen MR) is 49.5 cm³/mol. The fourth-order valence-corrected chi connectivity index (χ4v) is 2.22. The lowest BCUT2D eigenvalue weighted by molar-refractivity contribution is -0.142. The van der Waals surface area contributed by atoms with Gasteiger partial charge in [-0.3, -0.25) is 9.69 Å². The van der Waals surface area contributed by atoms with E-state index in [0.29, 0.717) is 0 Å². The largest absolute Gasteiger partial charge is 0.481 e. The predicted octanol–water partition coefficient (Wildman–Crippen LogP) is 1.19. The van der Waals surface area contributed by atoms with Gasteiger partial charge in [-0.2, -0.15) is 0 Å². The molecule has 0 bridgehead atoms. The zero-order valence-electron chi connectivity index (χ0n) is 8.07. The molecule has 0 aromatic carbocycles. The van der Waals surface area contributed by atoms with Crippen LogP contribution in [0.4, 0.5) is 0 Å². The van der Waals surface area contributed by atoms with Gasteiger partial charge >= 0.3 is 5.97 Å². The molecule has 2 aliphatic rings. The Labute approximate surface area is 78.7 Å². The third kappa shape index (κ3) is 1.85. The van der Waals surface area contributed by atoms with Crippen molar-refractivity contribution in [2.24, 2.45) is 11.8 Å². The molecule has 13 heavy (non-hydrogen) atoms. The van der Waals surface area contributed by atoms with Gasteiger partial charge in [-0.25, -0.2) is 0 Å². The summed E-state index contributed by atoms with van der Waals surface area (Å²) in [6.45, 7) is 4.16. The molecule has 1 saturated heterocycles. The molecule has 3 heteroatoms. The minimum atomic E-state index is -0.620. The Morgan fingerprint density at radius 3 is 2.62 bits per heavy atom. The first-order valence-electron chi connectivity index (χ1n) is 5.15. The lowest BCUT2D eigenvalue weighted by atomic mass is 10.0. The number of carbonyl (C=O) groups is 1. The van der Waals surface area contributed by atoms with E-state index in [1.165, 1.54) is 12.8 Å². The highest BCUT2D eigenvalue weighted by Crippen LogP contribution is 2.33. The summed E-state index contributed by atoms with van der Waals surface area (Å²) in [5.41, 5.74) is 0. The van der Waals surface area contributed by atoms with Crippen LogP contribution < -0.4 is 0 Å². The van der Waals surface area contributed by atoms with Gasteiger partial charge in [0, 0.05) is 12.6 Å². The van der Waals surface area contributed by atoms with Crippen molar-refractivity contribution in [3.8, 4) is 0 Å². The molecule has 2 fully saturated rings. The van der Waals surface area contributed by atoms with Crippen molar-refractivity contribution < 1.29 is 9.90 Å². The van der Waals surface area contributed by atoms with E-state index in [4.69, 9.17) is 5.11 Å². The summed E-state index contributed by atoms with van der Waals surface area (Å²) in [5, 5.41) is 8.92. The average Bonchev–Trinajstić information content (AvgIpc) is 2.78. The van der Waals surface area contributed by atoms with Crippen LogP contribution in [0.1, 0.15) is 26.2 Å². The molecule has 0 amide bonds. The summed E-state index contributed by atoms with van der Waals surface area (Å²) in [4.78, 5) is 13.2. The maximum absolute atomic E-state index is 10.8. The molecular formula is C10H17NO2. The quantitative estimate of drug-likeness (QED) is 0.714. The number of hydrogen-bond donors (Lipinski definition) is 1. The van der Waals surface area contributed by atoms with Crippen molar-refractivity contribution >= 4 is 5.97 Å². The van der Waals surface area contributed by atoms with Crippen LogP contribution in [0.15, 0.2) is 0 Å². The first-order chi connectivity index (χ1) is 6.18. The molecule has 3 nitrogen and oxygen atoms in total. The van der Waals surface area contributed by atoms with Gasteiger partial charge in [-0.05, 0) is 38.6 Å². The van der Waals surface area contributed by atoms with Crippen LogP contribution in [0.2, 0.25) is 0 Å². The molecule has 1 aliphatic heterocycles. The van der Waals surface area contributed by atoms with E-state index in [2.05, 4.69) is 4.90 Å². The standard InChI is InChI=1S/C10H17NO2/c1-7-9(10(12)13)4-5-11(7)6-8-2-3-8/h7-9H,2-6H2,1H3,(H,12,13). The molecule has 0 aromatic rings. The van der Waals surface area contributed by atoms with Crippen molar-refractivity contribution in [1.29, 1.82) is 0 Å². The highest BCUT2D eigenvalue weighted by molar-refractivity contribution is 5.71. The van der Waals surface area contributed by atoms with Crippen molar-refractivity contribution in [3.05, 3.63) is 0 Å². The second-order valence-corrected chi connectivity index (χ2v) is 4.41. The number of nitrogens with zero attached hydrogens (tertiary/aromatic N) is 1. The van der Waals surface area contributed by atoms with E-state index < -0.39 is 5.97 Å². The first kappa shape index (κ1) is 9.00. The van der Waals surface area contributed by atoms with Crippen LogP contribution in [0.5, 0.6) is 0 Å². The zero-order chi connectivity index (χ0) is 9.42. The second-order valence-electron chi connectivity index (χ2n) is 4.41. The Morgan fingerprint density at radius 1 is 1.46 bits per heavy atom. The Balaban J connectivity index is 1.89. The van der Waals surface area contributed by atoms with Gasteiger partial charge in [0.25, 0.3) is 0 Å². The van der Waals surface area contributed by atoms with Crippen molar-refractivity contribution in [3.63, 3.8) is 0 Å². The molecular weight excluding hydrogens is 166 g/mol. The van der Waals surface area contributed by atoms with Gasteiger partial charge in [0.15, 0.2) is 0 Å². The van der Waals surface area contributed by atoms with Crippen LogP contribution in [0.3, 0.4) is 0 Å². The van der Waals surface area contributed by atoms with Gasteiger partial charge in [0.05, 0.1) is 5.92 Å². The summed E-state index contributed by atoms with van der Waals surface area (Å²) in [7, 11) is 0. The minimum absolute atomic E-state index is 0.126. The van der Waals surface area contributed by atoms with Crippen molar-refractivity contribution in [2.75, 3.05) is 13.1 Å². The Bertz CT molecular complexity index is 213. The van der Waals surface area contributed by atoms with Gasteiger partial charge in [0.1, 0.15) is 0 Å². The summed E-state index contributed by atoms with van der Waals surface area (Å²) in [6, 6.07) is 0.248. The smallest absolute Gasteiger partial charge is 0.308 e. The topological polar surface area (TPSA) is 40.5 Å². The zero-order valence-corrected chi connectivity index (χ0v) is 8.07. The molecule has 2 rings (SSSR count). The monoisotopic (exact) mass is 183 g/mol. The average molecular weight is 183 g/mol. The van der Waals surface area contributed by atoms with Crippen LogP contribution in [0, 0.1) is 11.8 Å². The van der Waals surface area contributed by atoms with E-state index in [9.17, 15) is 4.79 Å². The van der Waals surface area contributed by atoms with E-state index in [1.807, 2.05) is 6.92 Å². The van der Waals surface area contributed by atoms with E-state index in [1.54, 1.807) is 0 Å². The van der Waals surface area contributed by atoms with Crippen LogP contribution in [0.25, 0.3) is 0 Å². The van der Waals surface area contributed by atoms with Gasteiger partial charge in [-0.1, -0.05) is 0 Å². The van der Waals surface area contributed by atoms with Gasteiger partial charge in [0.2, 0.25) is 0 Å². The molecule has 74 valence electrons. The molecule has 1 aliphatic carbocycles. The SMILES string of the molecule is CC1C(C(=O)O)CCN1CC1CC1. The highest BCUT2D eigenvalue weighted by atomic mass is 16.4. The highest BCUT2D eigenvalue weighted by Gasteiger charge is 2.37. The summed E-state index contributed by atoms with van der Waals surface area (Å²) in [5.74, 6) is 0.125. The fourth-order valence-electron chi connectivity index (χ4n) is 2.22. The molecule has 0 radical (unpaired) electrons. The van der Waals surface area contributed by atoms with E-state index in [0.717, 1.165) is 25.4 Å². The summed E-state index contributed by atoms with van der Waals surface area (Å²) >= 11 is 0. The number of aliphatic carboxylic acids is 1. The first-order valence-corrected chi connectivity index (χ1v) is 5.15. The summed E-state index contributed by atoms with van der Waals surface area (Å²) < 4.78 is 0. The van der Waals surface area contributed by atoms with E-state index >= 15 is 0 Å². The maximum Gasteiger partial charge on any atom is 0.308 e. The maximum atomic E-state index is 10.8. The molecule has 1 N–H and O–H groups in total. The van der Waals surface area contributed by atoms with Crippen molar-refractivity contribution in [1.82, 2.24) is 4.90 Å². The normalized spacial score (nSPS) is 35.2. The number of rotatable bonds is 3. The molecule has 1 heterocycles. The number of likely N-dealkylation sites (tertiary alicyclic amines) is 1. The Kier molecular flexibility index (Phi) is 2.28. The molecule has 2 unspecified atom stereocenters. The number of carboxylic acid groups (broad SMARTS) is 1. The van der Waals surface area contributed by atoms with Crippen LogP contribution in [-0.2, 0) is 4.79 Å². The third-order valence-electron chi connectivity index (χ3n) is 3.39. The molecule has 2 atom stereocenters. The van der Waals surface area contributed by atoms with Gasteiger partial charge < -0.3 is 5.11 Å². The molecule has 0 spiro atoms. The molecule has 0 aromatic heterocycles. The fraction of sp³-hybridized carbons (Fsp3) is 0.900. The van der Waals surface area contributed by atoms with Gasteiger partial charge in [-0.15, -0.1) is 0 Å². The number of carboxylic acids is 1. The Hall–Kier alpha value is -0.570. The Morgan fingerprint density at radius 2 is 2.15 bits per heavy atom. The van der Waals surface area contributed by atoms with E-state index in [-0.39, 0.29) is 12.0 Å². The van der Waals surface area contributed by atoms with Crippen molar-refractivity contribution in [2.45, 2.75) is 32.2 Å². The molecule has 1 saturated carbocycles. The second kappa shape index (κ2) is 3.29. The lowest BCUT2D eigenvalue weighted by Gasteiger charge is -2.22. The minimum Gasteiger partial charge on any atom is -0.481 e. The number of hydrogen-bond acceptors (Lipinski definition) is 2. The lowest BCUT2D eigenvalue weighted by Crippen LogP contribution is -2.34. The van der Waals surface area contributed by atoms with Crippen LogP contribution in [-0.4, -0.2) is 35.1 Å². The summed E-state index contributed by atoms with van der Waals surface area (Å²) in [6.07, 6.45) is 3.53. The van der Waals surface area contributed by atoms with Crippen LogP contribution >= 0.6 is 0 Å².